The van der Waals surface area contributed by atoms with Crippen molar-refractivity contribution in [1.29, 1.82) is 0 Å². The lowest BCUT2D eigenvalue weighted by Gasteiger charge is -2.29. The molecular weight excluding hydrogens is 190 g/mol. The van der Waals surface area contributed by atoms with Gasteiger partial charge in [-0.3, -0.25) is 4.90 Å². The third-order valence-electron chi connectivity index (χ3n) is 2.23. The van der Waals surface area contributed by atoms with Gasteiger partial charge < -0.3 is 10.2 Å². The number of likely N-dealkylation sites (N-methyl/N-ethyl adjacent to an activating group) is 1. The summed E-state index contributed by atoms with van der Waals surface area (Å²) in [6, 6.07) is 0. The van der Waals surface area contributed by atoms with Gasteiger partial charge in [-0.25, -0.2) is 0 Å². The average molecular weight is 215 g/mol. The molecule has 1 atom stereocenters. The van der Waals surface area contributed by atoms with Gasteiger partial charge in [0.05, 0.1) is 11.7 Å². The highest BCUT2D eigenvalue weighted by Crippen LogP contribution is 2.07. The first-order valence-corrected chi connectivity index (χ1v) is 5.62. The molecule has 0 saturated heterocycles. The lowest BCUT2D eigenvalue weighted by atomic mass is 10.1. The second-order valence-electron chi connectivity index (χ2n) is 4.66. The number of hydrogen-bond donors (Lipinski definition) is 2. The van der Waals surface area contributed by atoms with Crippen molar-refractivity contribution in [2.45, 2.75) is 45.3 Å². The first kappa shape index (κ1) is 14.6. The van der Waals surface area contributed by atoms with Crippen LogP contribution >= 0.6 is 0 Å². The van der Waals surface area contributed by atoms with E-state index in [-0.39, 0.29) is 6.10 Å². The van der Waals surface area contributed by atoms with E-state index < -0.39 is 5.60 Å². The molecule has 0 aliphatic rings. The van der Waals surface area contributed by atoms with Gasteiger partial charge in [0.2, 0.25) is 0 Å². The van der Waals surface area contributed by atoms with E-state index in [0.29, 0.717) is 13.1 Å². The van der Waals surface area contributed by atoms with Crippen molar-refractivity contribution in [3.05, 3.63) is 12.7 Å². The lowest BCUT2D eigenvalue weighted by molar-refractivity contribution is 0.0195. The highest BCUT2D eigenvalue weighted by atomic mass is 16.3. The van der Waals surface area contributed by atoms with E-state index in [2.05, 4.69) is 11.5 Å². The number of aliphatic hydroxyl groups is 2. The van der Waals surface area contributed by atoms with Crippen molar-refractivity contribution < 1.29 is 10.2 Å². The van der Waals surface area contributed by atoms with Crippen LogP contribution in [0.2, 0.25) is 0 Å². The smallest absolute Gasteiger partial charge is 0.0718 e. The molecule has 0 heterocycles. The van der Waals surface area contributed by atoms with E-state index in [4.69, 9.17) is 0 Å². The Morgan fingerprint density at radius 1 is 1.47 bits per heavy atom. The van der Waals surface area contributed by atoms with Gasteiger partial charge in [-0.2, -0.15) is 0 Å². The van der Waals surface area contributed by atoms with Crippen LogP contribution in [0, 0.1) is 0 Å². The third-order valence-corrected chi connectivity index (χ3v) is 2.23. The van der Waals surface area contributed by atoms with Crippen molar-refractivity contribution in [3.8, 4) is 0 Å². The minimum Gasteiger partial charge on any atom is -0.392 e. The van der Waals surface area contributed by atoms with Crippen molar-refractivity contribution >= 4 is 0 Å². The van der Waals surface area contributed by atoms with Crippen molar-refractivity contribution in [2.75, 3.05) is 19.6 Å². The zero-order valence-corrected chi connectivity index (χ0v) is 10.2. The van der Waals surface area contributed by atoms with Crippen LogP contribution in [0.4, 0.5) is 0 Å². The molecule has 3 nitrogen and oxygen atoms in total. The molecule has 2 N–H and O–H groups in total. The van der Waals surface area contributed by atoms with E-state index in [1.54, 1.807) is 13.8 Å². The molecule has 0 aliphatic heterocycles. The molecule has 0 aromatic carbocycles. The van der Waals surface area contributed by atoms with Crippen LogP contribution in [-0.4, -0.2) is 46.5 Å². The average Bonchev–Trinajstić information content (AvgIpc) is 2.11. The van der Waals surface area contributed by atoms with Crippen LogP contribution in [-0.2, 0) is 0 Å². The van der Waals surface area contributed by atoms with E-state index in [9.17, 15) is 10.2 Å². The molecule has 15 heavy (non-hydrogen) atoms. The number of nitrogens with zero attached hydrogens (tertiary/aromatic N) is 1. The van der Waals surface area contributed by atoms with E-state index in [0.717, 1.165) is 19.4 Å². The Morgan fingerprint density at radius 3 is 2.47 bits per heavy atom. The summed E-state index contributed by atoms with van der Waals surface area (Å²) in [5.74, 6) is 0. The van der Waals surface area contributed by atoms with Crippen LogP contribution in [0.3, 0.4) is 0 Å². The molecule has 90 valence electrons. The molecule has 0 radical (unpaired) electrons. The molecule has 0 aromatic heterocycles. The SMILES string of the molecule is C=CCCC(O)CN(CC)CC(C)(C)O. The summed E-state index contributed by atoms with van der Waals surface area (Å²) in [4.78, 5) is 2.06. The standard InChI is InChI=1S/C12H25NO2/c1-5-7-8-11(14)9-13(6-2)10-12(3,4)15/h5,11,14-15H,1,6-10H2,2-4H3. The van der Waals surface area contributed by atoms with Gasteiger partial charge in [-0.1, -0.05) is 13.0 Å². The Hall–Kier alpha value is -0.380. The second-order valence-corrected chi connectivity index (χ2v) is 4.66. The molecule has 1 unspecified atom stereocenters. The van der Waals surface area contributed by atoms with Gasteiger partial charge in [-0.05, 0) is 33.2 Å². The monoisotopic (exact) mass is 215 g/mol. The second kappa shape index (κ2) is 6.99. The predicted octanol–water partition coefficient (Wildman–Crippen LogP) is 1.41. The van der Waals surface area contributed by atoms with Crippen LogP contribution in [0.25, 0.3) is 0 Å². The largest absolute Gasteiger partial charge is 0.392 e. The molecule has 0 saturated carbocycles. The minimum atomic E-state index is -0.700. The molecular formula is C12H25NO2. The maximum absolute atomic E-state index is 9.71. The zero-order chi connectivity index (χ0) is 11.9. The Morgan fingerprint density at radius 2 is 2.07 bits per heavy atom. The van der Waals surface area contributed by atoms with Crippen LogP contribution in [0.1, 0.15) is 33.6 Å². The highest BCUT2D eigenvalue weighted by Gasteiger charge is 2.18. The fourth-order valence-corrected chi connectivity index (χ4v) is 1.55. The summed E-state index contributed by atoms with van der Waals surface area (Å²) in [5.41, 5.74) is -0.700. The van der Waals surface area contributed by atoms with E-state index in [1.807, 2.05) is 13.0 Å². The van der Waals surface area contributed by atoms with E-state index >= 15 is 0 Å². The summed E-state index contributed by atoms with van der Waals surface area (Å²) in [6.45, 7) is 11.3. The van der Waals surface area contributed by atoms with Crippen LogP contribution < -0.4 is 0 Å². The summed E-state index contributed by atoms with van der Waals surface area (Å²) in [5, 5.41) is 19.4. The van der Waals surface area contributed by atoms with Gasteiger partial charge in [0.25, 0.3) is 0 Å². The number of aliphatic hydroxyl groups excluding tert-OH is 1. The Bertz CT molecular complexity index is 175. The lowest BCUT2D eigenvalue weighted by Crippen LogP contribution is -2.42. The number of hydrogen-bond acceptors (Lipinski definition) is 3. The van der Waals surface area contributed by atoms with Gasteiger partial charge in [0, 0.05) is 13.1 Å². The normalized spacial score (nSPS) is 14.3. The number of rotatable bonds is 8. The first-order chi connectivity index (χ1) is 6.89. The molecule has 3 heteroatoms. The van der Waals surface area contributed by atoms with Gasteiger partial charge in [-0.15, -0.1) is 6.58 Å². The molecule has 0 spiro atoms. The quantitative estimate of drug-likeness (QED) is 0.602. The van der Waals surface area contributed by atoms with Crippen LogP contribution in [0.5, 0.6) is 0 Å². The molecule has 0 aliphatic carbocycles. The summed E-state index contributed by atoms with van der Waals surface area (Å²) in [6.07, 6.45) is 3.06. The predicted molar refractivity (Wildman–Crippen MR) is 63.8 cm³/mol. The topological polar surface area (TPSA) is 43.7 Å². The van der Waals surface area contributed by atoms with Crippen molar-refractivity contribution in [1.82, 2.24) is 4.90 Å². The number of allylic oxidation sites excluding steroid dienone is 1. The van der Waals surface area contributed by atoms with Crippen molar-refractivity contribution in [3.63, 3.8) is 0 Å². The Balaban J connectivity index is 3.92. The zero-order valence-electron chi connectivity index (χ0n) is 10.2. The van der Waals surface area contributed by atoms with Crippen LogP contribution in [0.15, 0.2) is 12.7 Å². The fourth-order valence-electron chi connectivity index (χ4n) is 1.55. The van der Waals surface area contributed by atoms with E-state index in [1.165, 1.54) is 0 Å². The maximum atomic E-state index is 9.71. The van der Waals surface area contributed by atoms with Crippen molar-refractivity contribution in [2.24, 2.45) is 0 Å². The molecule has 0 fully saturated rings. The fraction of sp³-hybridized carbons (Fsp3) is 0.833. The third kappa shape index (κ3) is 8.60. The van der Waals surface area contributed by atoms with Gasteiger partial charge in [0.15, 0.2) is 0 Å². The molecule has 0 amide bonds. The minimum absolute atomic E-state index is 0.328. The van der Waals surface area contributed by atoms with Gasteiger partial charge in [0.1, 0.15) is 0 Å². The molecule has 0 aromatic rings. The maximum Gasteiger partial charge on any atom is 0.0718 e. The highest BCUT2D eigenvalue weighted by molar-refractivity contribution is 4.75. The summed E-state index contributed by atoms with van der Waals surface area (Å²) in [7, 11) is 0. The van der Waals surface area contributed by atoms with Gasteiger partial charge >= 0.3 is 0 Å². The Kier molecular flexibility index (Phi) is 6.81. The molecule has 0 rings (SSSR count). The molecule has 0 bridgehead atoms. The summed E-state index contributed by atoms with van der Waals surface area (Å²) < 4.78 is 0. The summed E-state index contributed by atoms with van der Waals surface area (Å²) >= 11 is 0. The first-order valence-electron chi connectivity index (χ1n) is 5.62. The Labute approximate surface area is 93.4 Å².